The van der Waals surface area contributed by atoms with E-state index in [0.717, 1.165) is 0 Å². The number of rotatable bonds is 3. The number of pyridine rings is 1. The first-order valence-corrected chi connectivity index (χ1v) is 5.39. The molecular weight excluding hydrogens is 234 g/mol. The predicted octanol–water partition coefficient (Wildman–Crippen LogP) is 1.02. The average molecular weight is 245 g/mol. The van der Waals surface area contributed by atoms with Crippen molar-refractivity contribution in [3.8, 4) is 11.4 Å². The van der Waals surface area contributed by atoms with Gasteiger partial charge in [0.2, 0.25) is 0 Å². The van der Waals surface area contributed by atoms with Crippen LogP contribution in [-0.4, -0.2) is 25.6 Å². The third-order valence-corrected chi connectivity index (χ3v) is 2.50. The molecule has 1 N–H and O–H groups in total. The molecule has 18 heavy (non-hydrogen) atoms. The number of nitrogens with zero attached hydrogens (tertiary/aromatic N) is 3. The van der Waals surface area contributed by atoms with Gasteiger partial charge in [0, 0.05) is 12.7 Å². The van der Waals surface area contributed by atoms with E-state index in [-0.39, 0.29) is 11.3 Å². The van der Waals surface area contributed by atoms with Crippen molar-refractivity contribution in [2.75, 3.05) is 0 Å². The molecule has 0 unspecified atom stereocenters. The van der Waals surface area contributed by atoms with E-state index in [2.05, 4.69) is 9.97 Å². The molecule has 6 heteroatoms. The molecule has 0 fully saturated rings. The van der Waals surface area contributed by atoms with E-state index >= 15 is 0 Å². The molecule has 0 radical (unpaired) electrons. The smallest absolute Gasteiger partial charge is 0.343 e. The maximum atomic E-state index is 11.9. The second-order valence-corrected chi connectivity index (χ2v) is 3.58. The van der Waals surface area contributed by atoms with Gasteiger partial charge in [0.15, 0.2) is 5.56 Å². The SMILES string of the molecule is CCn1cnc(-c2ccccn2)c(C(=O)O)c1=O. The van der Waals surface area contributed by atoms with Crippen LogP contribution in [0.15, 0.2) is 35.5 Å². The third kappa shape index (κ3) is 2.00. The predicted molar refractivity (Wildman–Crippen MR) is 64.4 cm³/mol. The highest BCUT2D eigenvalue weighted by molar-refractivity contribution is 5.93. The monoisotopic (exact) mass is 245 g/mol. The fraction of sp³-hybridized carbons (Fsp3) is 0.167. The summed E-state index contributed by atoms with van der Waals surface area (Å²) in [6.45, 7) is 2.11. The van der Waals surface area contributed by atoms with E-state index in [0.29, 0.717) is 12.2 Å². The number of carboxylic acid groups (broad SMARTS) is 1. The molecule has 2 heterocycles. The number of carboxylic acids is 1. The summed E-state index contributed by atoms with van der Waals surface area (Å²) in [6.07, 6.45) is 2.85. The van der Waals surface area contributed by atoms with Crippen LogP contribution >= 0.6 is 0 Å². The van der Waals surface area contributed by atoms with Gasteiger partial charge in [0.25, 0.3) is 5.56 Å². The molecule has 0 aromatic carbocycles. The maximum Gasteiger partial charge on any atom is 0.343 e. The van der Waals surface area contributed by atoms with Crippen molar-refractivity contribution in [3.05, 3.63) is 46.6 Å². The lowest BCUT2D eigenvalue weighted by atomic mass is 10.1. The summed E-state index contributed by atoms with van der Waals surface area (Å²) in [5.74, 6) is -1.30. The molecule has 0 saturated heterocycles. The average Bonchev–Trinajstić information content (AvgIpc) is 2.39. The maximum absolute atomic E-state index is 11.9. The summed E-state index contributed by atoms with van der Waals surface area (Å²) in [5, 5.41) is 9.15. The van der Waals surface area contributed by atoms with Crippen LogP contribution in [0.2, 0.25) is 0 Å². The third-order valence-electron chi connectivity index (χ3n) is 2.50. The van der Waals surface area contributed by atoms with Crippen LogP contribution in [0.4, 0.5) is 0 Å². The molecular formula is C12H11N3O3. The minimum Gasteiger partial charge on any atom is -0.477 e. The van der Waals surface area contributed by atoms with Crippen LogP contribution in [0.25, 0.3) is 11.4 Å². The summed E-state index contributed by atoms with van der Waals surface area (Å²) in [5.41, 5.74) is -0.452. The molecule has 2 rings (SSSR count). The van der Waals surface area contributed by atoms with Crippen molar-refractivity contribution in [1.29, 1.82) is 0 Å². The quantitative estimate of drug-likeness (QED) is 0.872. The van der Waals surface area contributed by atoms with Gasteiger partial charge in [0.1, 0.15) is 5.69 Å². The van der Waals surface area contributed by atoms with E-state index in [9.17, 15) is 9.59 Å². The number of aryl methyl sites for hydroxylation is 1. The largest absolute Gasteiger partial charge is 0.477 e. The van der Waals surface area contributed by atoms with Crippen LogP contribution in [0.1, 0.15) is 17.3 Å². The van der Waals surface area contributed by atoms with Crippen molar-refractivity contribution in [2.24, 2.45) is 0 Å². The van der Waals surface area contributed by atoms with Gasteiger partial charge < -0.3 is 5.11 Å². The Hall–Kier alpha value is -2.50. The Morgan fingerprint density at radius 1 is 1.39 bits per heavy atom. The molecule has 0 aliphatic heterocycles. The van der Waals surface area contributed by atoms with Crippen molar-refractivity contribution >= 4 is 5.97 Å². The zero-order chi connectivity index (χ0) is 13.1. The molecule has 0 amide bonds. The van der Waals surface area contributed by atoms with Crippen LogP contribution in [-0.2, 0) is 6.54 Å². The number of carbonyl (C=O) groups is 1. The van der Waals surface area contributed by atoms with Crippen LogP contribution in [0.3, 0.4) is 0 Å². The normalized spacial score (nSPS) is 10.3. The Labute approximate surface area is 103 Å². The first kappa shape index (κ1) is 12.0. The second-order valence-electron chi connectivity index (χ2n) is 3.58. The van der Waals surface area contributed by atoms with E-state index < -0.39 is 11.5 Å². The summed E-state index contributed by atoms with van der Waals surface area (Å²) < 4.78 is 1.25. The van der Waals surface area contributed by atoms with E-state index in [4.69, 9.17) is 5.11 Å². The highest BCUT2D eigenvalue weighted by Gasteiger charge is 2.19. The van der Waals surface area contributed by atoms with Gasteiger partial charge in [-0.2, -0.15) is 0 Å². The fourth-order valence-corrected chi connectivity index (χ4v) is 1.60. The van der Waals surface area contributed by atoms with Crippen LogP contribution in [0.5, 0.6) is 0 Å². The summed E-state index contributed by atoms with van der Waals surface area (Å²) in [4.78, 5) is 31.2. The molecule has 0 saturated carbocycles. The minimum absolute atomic E-state index is 0.0952. The summed E-state index contributed by atoms with van der Waals surface area (Å²) >= 11 is 0. The zero-order valence-electron chi connectivity index (χ0n) is 9.70. The van der Waals surface area contributed by atoms with E-state index in [1.165, 1.54) is 17.1 Å². The first-order chi connectivity index (χ1) is 8.65. The Kier molecular flexibility index (Phi) is 3.18. The first-order valence-electron chi connectivity index (χ1n) is 5.39. The van der Waals surface area contributed by atoms with Crippen LogP contribution < -0.4 is 5.56 Å². The molecule has 0 atom stereocenters. The number of hydrogen-bond acceptors (Lipinski definition) is 4. The van der Waals surface area contributed by atoms with E-state index in [1.807, 2.05) is 0 Å². The molecule has 2 aromatic rings. The molecule has 0 spiro atoms. The topological polar surface area (TPSA) is 85.1 Å². The molecule has 0 aliphatic carbocycles. The lowest BCUT2D eigenvalue weighted by Crippen LogP contribution is -2.27. The Morgan fingerprint density at radius 2 is 2.17 bits per heavy atom. The molecule has 0 aliphatic rings. The molecule has 6 nitrogen and oxygen atoms in total. The van der Waals surface area contributed by atoms with Crippen LogP contribution in [0, 0.1) is 0 Å². The van der Waals surface area contributed by atoms with Crippen molar-refractivity contribution in [2.45, 2.75) is 13.5 Å². The van der Waals surface area contributed by atoms with E-state index in [1.54, 1.807) is 25.1 Å². The zero-order valence-corrected chi connectivity index (χ0v) is 9.70. The van der Waals surface area contributed by atoms with Gasteiger partial charge in [-0.25, -0.2) is 9.78 Å². The number of aromatic carboxylic acids is 1. The van der Waals surface area contributed by atoms with Crippen molar-refractivity contribution < 1.29 is 9.90 Å². The lowest BCUT2D eigenvalue weighted by molar-refractivity contribution is 0.0694. The molecule has 0 bridgehead atoms. The summed E-state index contributed by atoms with van der Waals surface area (Å²) in [7, 11) is 0. The Morgan fingerprint density at radius 3 is 2.72 bits per heavy atom. The molecule has 2 aromatic heterocycles. The second kappa shape index (κ2) is 4.79. The van der Waals surface area contributed by atoms with Gasteiger partial charge in [-0.15, -0.1) is 0 Å². The number of hydrogen-bond donors (Lipinski definition) is 1. The highest BCUT2D eigenvalue weighted by Crippen LogP contribution is 2.15. The van der Waals surface area contributed by atoms with Gasteiger partial charge >= 0.3 is 5.97 Å². The fourth-order valence-electron chi connectivity index (χ4n) is 1.60. The van der Waals surface area contributed by atoms with Crippen molar-refractivity contribution in [1.82, 2.24) is 14.5 Å². The van der Waals surface area contributed by atoms with Gasteiger partial charge in [-0.05, 0) is 19.1 Å². The Bertz CT molecular complexity index is 635. The number of aromatic nitrogens is 3. The highest BCUT2D eigenvalue weighted by atomic mass is 16.4. The summed E-state index contributed by atoms with van der Waals surface area (Å²) in [6, 6.07) is 5.03. The minimum atomic E-state index is -1.30. The Balaban J connectivity index is 2.73. The lowest BCUT2D eigenvalue weighted by Gasteiger charge is -2.07. The van der Waals surface area contributed by atoms with Crippen molar-refractivity contribution in [3.63, 3.8) is 0 Å². The van der Waals surface area contributed by atoms with Gasteiger partial charge in [0.05, 0.1) is 12.0 Å². The van der Waals surface area contributed by atoms with Gasteiger partial charge in [-0.1, -0.05) is 6.07 Å². The molecule has 92 valence electrons. The van der Waals surface area contributed by atoms with Gasteiger partial charge in [-0.3, -0.25) is 14.3 Å². The standard InChI is InChI=1S/C12H11N3O3/c1-2-15-7-14-10(8-5-3-4-6-13-8)9(11(15)16)12(17)18/h3-7H,2H2,1H3,(H,17,18).